The molecule has 6 nitrogen and oxygen atoms in total. The largest absolute Gasteiger partial charge is 0.330 e. The van der Waals surface area contributed by atoms with E-state index in [1.165, 1.54) is 12.1 Å². The van der Waals surface area contributed by atoms with Gasteiger partial charge in [0.1, 0.15) is 5.02 Å². The molecule has 0 saturated heterocycles. The number of rotatable bonds is 7. The molecular formula is C13H18ClN3O3. The number of halogens is 1. The number of unbranched alkanes of at least 4 members (excludes halogenated alkanes) is 2. The summed E-state index contributed by atoms with van der Waals surface area (Å²) in [6, 6.07) is 2.76. The summed E-state index contributed by atoms with van der Waals surface area (Å²) >= 11 is 5.82. The van der Waals surface area contributed by atoms with Crippen LogP contribution in [-0.2, 0) is 4.79 Å². The first-order valence-corrected chi connectivity index (χ1v) is 6.78. The highest BCUT2D eigenvalue weighted by molar-refractivity contribution is 6.33. The number of nitrogens with zero attached hydrogens (tertiary/aromatic N) is 1. The molecule has 0 aliphatic carbocycles. The number of anilines is 1. The number of carbonyl (C=O) groups is 1. The van der Waals surface area contributed by atoms with Gasteiger partial charge in [-0.05, 0) is 37.9 Å². The van der Waals surface area contributed by atoms with Gasteiger partial charge in [-0.15, -0.1) is 0 Å². The Morgan fingerprint density at radius 1 is 1.40 bits per heavy atom. The van der Waals surface area contributed by atoms with Crippen molar-refractivity contribution in [1.29, 1.82) is 0 Å². The first-order chi connectivity index (χ1) is 9.45. The van der Waals surface area contributed by atoms with E-state index in [0.29, 0.717) is 24.2 Å². The van der Waals surface area contributed by atoms with Crippen molar-refractivity contribution in [2.24, 2.45) is 5.73 Å². The standard InChI is InChI=1S/C13H18ClN3O3/c1-9-7-12(17(19)20)10(14)8-11(9)16-13(18)5-3-2-4-6-15/h7-8H,2-6,15H2,1H3,(H,16,18). The maximum absolute atomic E-state index is 11.7. The topological polar surface area (TPSA) is 98.3 Å². The van der Waals surface area contributed by atoms with Crippen LogP contribution in [0.15, 0.2) is 12.1 Å². The minimum absolute atomic E-state index is 0.0130. The highest BCUT2D eigenvalue weighted by atomic mass is 35.5. The highest BCUT2D eigenvalue weighted by Gasteiger charge is 2.15. The van der Waals surface area contributed by atoms with Gasteiger partial charge in [0, 0.05) is 18.2 Å². The molecule has 1 aromatic rings. The molecule has 0 aromatic heterocycles. The van der Waals surface area contributed by atoms with E-state index >= 15 is 0 Å². The summed E-state index contributed by atoms with van der Waals surface area (Å²) in [5, 5.41) is 13.5. The minimum atomic E-state index is -0.548. The molecule has 0 fully saturated rings. The number of nitrogens with two attached hydrogens (primary N) is 1. The molecule has 0 saturated carbocycles. The maximum atomic E-state index is 11.7. The molecule has 0 aliphatic rings. The number of amides is 1. The fraction of sp³-hybridized carbons (Fsp3) is 0.462. The average Bonchev–Trinajstić information content (AvgIpc) is 2.38. The monoisotopic (exact) mass is 299 g/mol. The van der Waals surface area contributed by atoms with Gasteiger partial charge in [-0.1, -0.05) is 18.0 Å². The van der Waals surface area contributed by atoms with E-state index in [9.17, 15) is 14.9 Å². The number of nitrogens with one attached hydrogen (secondary N) is 1. The smallest absolute Gasteiger partial charge is 0.288 e. The van der Waals surface area contributed by atoms with Gasteiger partial charge >= 0.3 is 0 Å². The lowest BCUT2D eigenvalue weighted by Crippen LogP contribution is -2.12. The number of nitro benzene ring substituents is 1. The first kappa shape index (κ1) is 16.4. The van der Waals surface area contributed by atoms with Gasteiger partial charge in [-0.25, -0.2) is 0 Å². The van der Waals surface area contributed by atoms with Crippen molar-refractivity contribution in [2.45, 2.75) is 32.6 Å². The zero-order valence-corrected chi connectivity index (χ0v) is 12.1. The zero-order chi connectivity index (χ0) is 15.1. The number of carbonyl (C=O) groups excluding carboxylic acids is 1. The Balaban J connectivity index is 2.66. The van der Waals surface area contributed by atoms with Gasteiger partial charge in [-0.2, -0.15) is 0 Å². The Hall–Kier alpha value is -1.66. The molecule has 0 atom stereocenters. The van der Waals surface area contributed by atoms with E-state index in [1.54, 1.807) is 6.92 Å². The van der Waals surface area contributed by atoms with Crippen LogP contribution in [0.2, 0.25) is 5.02 Å². The van der Waals surface area contributed by atoms with Gasteiger partial charge in [0.2, 0.25) is 5.91 Å². The second-order valence-electron chi connectivity index (χ2n) is 4.52. The molecule has 0 heterocycles. The Bertz CT molecular complexity index is 506. The quantitative estimate of drug-likeness (QED) is 0.459. The Kier molecular flexibility index (Phi) is 6.41. The normalized spacial score (nSPS) is 10.3. The van der Waals surface area contributed by atoms with Crippen LogP contribution < -0.4 is 11.1 Å². The summed E-state index contributed by atoms with van der Waals surface area (Å²) in [5.41, 5.74) is 6.32. The van der Waals surface area contributed by atoms with Crippen LogP contribution in [0.4, 0.5) is 11.4 Å². The van der Waals surface area contributed by atoms with E-state index in [2.05, 4.69) is 5.32 Å². The Labute approximate surface area is 122 Å². The fourth-order valence-electron chi connectivity index (χ4n) is 1.76. The van der Waals surface area contributed by atoms with E-state index in [0.717, 1.165) is 19.3 Å². The molecule has 0 radical (unpaired) electrons. The van der Waals surface area contributed by atoms with E-state index < -0.39 is 4.92 Å². The predicted molar refractivity (Wildman–Crippen MR) is 79.0 cm³/mol. The van der Waals surface area contributed by atoms with Gasteiger partial charge in [0.15, 0.2) is 0 Å². The summed E-state index contributed by atoms with van der Waals surface area (Å²) in [5.74, 6) is -0.130. The van der Waals surface area contributed by atoms with Gasteiger partial charge in [-0.3, -0.25) is 14.9 Å². The Morgan fingerprint density at radius 3 is 2.70 bits per heavy atom. The highest BCUT2D eigenvalue weighted by Crippen LogP contribution is 2.30. The molecular weight excluding hydrogens is 282 g/mol. The predicted octanol–water partition coefficient (Wildman–Crippen LogP) is 3.01. The van der Waals surface area contributed by atoms with Crippen LogP contribution >= 0.6 is 11.6 Å². The molecule has 3 N–H and O–H groups in total. The van der Waals surface area contributed by atoms with Crippen molar-refractivity contribution in [1.82, 2.24) is 0 Å². The lowest BCUT2D eigenvalue weighted by molar-refractivity contribution is -0.384. The molecule has 0 spiro atoms. The van der Waals surface area contributed by atoms with Crippen LogP contribution in [0.5, 0.6) is 0 Å². The van der Waals surface area contributed by atoms with Gasteiger partial charge < -0.3 is 11.1 Å². The lowest BCUT2D eigenvalue weighted by atomic mass is 10.1. The number of nitro groups is 1. The third-order valence-corrected chi connectivity index (χ3v) is 3.18. The number of aryl methyl sites for hydroxylation is 1. The zero-order valence-electron chi connectivity index (χ0n) is 11.3. The molecule has 0 bridgehead atoms. The number of benzene rings is 1. The van der Waals surface area contributed by atoms with Crippen LogP contribution in [0.3, 0.4) is 0 Å². The minimum Gasteiger partial charge on any atom is -0.330 e. The summed E-state index contributed by atoms with van der Waals surface area (Å²) in [7, 11) is 0. The third-order valence-electron chi connectivity index (χ3n) is 2.87. The first-order valence-electron chi connectivity index (χ1n) is 6.40. The van der Waals surface area contributed by atoms with Crippen molar-refractivity contribution < 1.29 is 9.72 Å². The molecule has 0 unspecified atom stereocenters. The van der Waals surface area contributed by atoms with E-state index in [-0.39, 0.29) is 16.6 Å². The average molecular weight is 300 g/mol. The fourth-order valence-corrected chi connectivity index (χ4v) is 1.99. The molecule has 110 valence electrons. The van der Waals surface area contributed by atoms with E-state index in [4.69, 9.17) is 17.3 Å². The van der Waals surface area contributed by atoms with Crippen LogP contribution in [0.1, 0.15) is 31.2 Å². The molecule has 1 aromatic carbocycles. The second-order valence-corrected chi connectivity index (χ2v) is 4.93. The molecule has 20 heavy (non-hydrogen) atoms. The van der Waals surface area contributed by atoms with E-state index in [1.807, 2.05) is 0 Å². The maximum Gasteiger partial charge on any atom is 0.288 e. The van der Waals surface area contributed by atoms with Crippen molar-refractivity contribution in [3.63, 3.8) is 0 Å². The molecule has 1 rings (SSSR count). The summed E-state index contributed by atoms with van der Waals surface area (Å²) < 4.78 is 0. The summed E-state index contributed by atoms with van der Waals surface area (Å²) in [4.78, 5) is 21.9. The number of hydrogen-bond acceptors (Lipinski definition) is 4. The molecule has 1 amide bonds. The SMILES string of the molecule is Cc1cc([N+](=O)[O-])c(Cl)cc1NC(=O)CCCCCN. The Morgan fingerprint density at radius 2 is 2.10 bits per heavy atom. The summed E-state index contributed by atoms with van der Waals surface area (Å²) in [6.07, 6.45) is 2.97. The number of hydrogen-bond donors (Lipinski definition) is 2. The summed E-state index contributed by atoms with van der Waals surface area (Å²) in [6.45, 7) is 2.31. The van der Waals surface area contributed by atoms with Crippen molar-refractivity contribution in [2.75, 3.05) is 11.9 Å². The van der Waals surface area contributed by atoms with Gasteiger partial charge in [0.05, 0.1) is 4.92 Å². The second kappa shape index (κ2) is 7.81. The van der Waals surface area contributed by atoms with Crippen LogP contribution in [0, 0.1) is 17.0 Å². The van der Waals surface area contributed by atoms with Crippen molar-refractivity contribution >= 4 is 28.9 Å². The lowest BCUT2D eigenvalue weighted by Gasteiger charge is -2.09. The van der Waals surface area contributed by atoms with Crippen molar-refractivity contribution in [3.8, 4) is 0 Å². The van der Waals surface area contributed by atoms with Crippen LogP contribution in [0.25, 0.3) is 0 Å². The molecule has 0 aliphatic heterocycles. The van der Waals surface area contributed by atoms with Crippen molar-refractivity contribution in [3.05, 3.63) is 32.8 Å². The third kappa shape index (κ3) is 4.79. The van der Waals surface area contributed by atoms with Gasteiger partial charge in [0.25, 0.3) is 5.69 Å². The molecule has 7 heteroatoms. The van der Waals surface area contributed by atoms with Crippen LogP contribution in [-0.4, -0.2) is 17.4 Å².